The number of para-hydroxylation sites is 2. The summed E-state index contributed by atoms with van der Waals surface area (Å²) in [6.07, 6.45) is 0. The number of carbonyl (C=O) groups excluding carboxylic acids is 2. The molecule has 4 aromatic rings. The van der Waals surface area contributed by atoms with E-state index < -0.39 is 17.7 Å². The van der Waals surface area contributed by atoms with Crippen LogP contribution in [0.1, 0.15) is 22.7 Å². The first kappa shape index (κ1) is 23.9. The van der Waals surface area contributed by atoms with Crippen molar-refractivity contribution in [2.45, 2.75) is 12.6 Å². The maximum atomic E-state index is 13.3. The lowest BCUT2D eigenvalue weighted by molar-refractivity contribution is -0.132. The first-order valence-corrected chi connectivity index (χ1v) is 11.8. The molecule has 1 unspecified atom stereocenters. The molecule has 6 nitrogen and oxygen atoms in total. The third kappa shape index (κ3) is 4.69. The molecule has 0 aliphatic carbocycles. The van der Waals surface area contributed by atoms with E-state index in [-0.39, 0.29) is 11.3 Å². The number of nitrogens with zero attached hydrogens (tertiary/aromatic N) is 1. The molecule has 4 aromatic carbocycles. The highest BCUT2D eigenvalue weighted by Gasteiger charge is 2.47. The summed E-state index contributed by atoms with van der Waals surface area (Å²) in [7, 11) is 1.49. The van der Waals surface area contributed by atoms with Crippen LogP contribution >= 0.6 is 0 Å². The molecule has 0 saturated carbocycles. The average Bonchev–Trinajstić information content (AvgIpc) is 3.22. The number of amides is 1. The van der Waals surface area contributed by atoms with Crippen molar-refractivity contribution in [2.75, 3.05) is 12.0 Å². The highest BCUT2D eigenvalue weighted by molar-refractivity contribution is 6.51. The minimum absolute atomic E-state index is 0.00342. The van der Waals surface area contributed by atoms with Crippen molar-refractivity contribution in [3.63, 3.8) is 0 Å². The fraction of sp³-hybridized carbons (Fsp3) is 0.0968. The molecule has 5 rings (SSSR count). The van der Waals surface area contributed by atoms with Crippen molar-refractivity contribution < 1.29 is 24.2 Å². The number of carbonyl (C=O) groups is 2. The highest BCUT2D eigenvalue weighted by atomic mass is 16.5. The molecule has 0 radical (unpaired) electrons. The fourth-order valence-electron chi connectivity index (χ4n) is 4.48. The number of hydrogen-bond donors (Lipinski definition) is 1. The van der Waals surface area contributed by atoms with Crippen LogP contribution in [-0.4, -0.2) is 23.9 Å². The molecule has 1 fully saturated rings. The lowest BCUT2D eigenvalue weighted by Gasteiger charge is -2.25. The highest BCUT2D eigenvalue weighted by Crippen LogP contribution is 2.43. The minimum Gasteiger partial charge on any atom is -0.507 e. The Hall–Kier alpha value is -4.84. The largest absolute Gasteiger partial charge is 0.507 e. The molecule has 0 spiro atoms. The molecule has 1 saturated heterocycles. The lowest BCUT2D eigenvalue weighted by Crippen LogP contribution is -2.29. The third-order valence-corrected chi connectivity index (χ3v) is 6.29. The topological polar surface area (TPSA) is 76.1 Å². The molecule has 1 aliphatic heterocycles. The predicted octanol–water partition coefficient (Wildman–Crippen LogP) is 5.90. The zero-order valence-corrected chi connectivity index (χ0v) is 20.2. The molecule has 0 aromatic heterocycles. The van der Waals surface area contributed by atoms with Gasteiger partial charge in [0, 0.05) is 5.69 Å². The van der Waals surface area contributed by atoms with Crippen LogP contribution < -0.4 is 14.4 Å². The van der Waals surface area contributed by atoms with Crippen molar-refractivity contribution in [1.82, 2.24) is 0 Å². The molecule has 0 bridgehead atoms. The Bertz CT molecular complexity index is 1450. The second kappa shape index (κ2) is 10.4. The maximum absolute atomic E-state index is 13.3. The molecule has 184 valence electrons. The van der Waals surface area contributed by atoms with Crippen LogP contribution in [0.25, 0.3) is 5.76 Å². The van der Waals surface area contributed by atoms with Crippen molar-refractivity contribution >= 4 is 23.1 Å². The normalized spacial score (nSPS) is 16.6. The van der Waals surface area contributed by atoms with Gasteiger partial charge in [-0.15, -0.1) is 0 Å². The van der Waals surface area contributed by atoms with E-state index in [1.165, 1.54) is 12.0 Å². The van der Waals surface area contributed by atoms with Gasteiger partial charge in [0.1, 0.15) is 23.9 Å². The first-order valence-electron chi connectivity index (χ1n) is 11.8. The molecule has 1 amide bonds. The van der Waals surface area contributed by atoms with E-state index >= 15 is 0 Å². The van der Waals surface area contributed by atoms with Crippen LogP contribution in [0.4, 0.5) is 5.69 Å². The first-order chi connectivity index (χ1) is 18.1. The van der Waals surface area contributed by atoms with Crippen LogP contribution in [0.2, 0.25) is 0 Å². The number of hydrogen-bond acceptors (Lipinski definition) is 5. The summed E-state index contributed by atoms with van der Waals surface area (Å²) in [5.41, 5.74) is 2.59. The van der Waals surface area contributed by atoms with Gasteiger partial charge >= 0.3 is 0 Å². The number of benzene rings is 4. The van der Waals surface area contributed by atoms with Gasteiger partial charge in [0.25, 0.3) is 11.7 Å². The van der Waals surface area contributed by atoms with Gasteiger partial charge in [0.15, 0.2) is 0 Å². The maximum Gasteiger partial charge on any atom is 0.300 e. The van der Waals surface area contributed by atoms with Crippen LogP contribution in [-0.2, 0) is 16.2 Å². The third-order valence-electron chi connectivity index (χ3n) is 6.29. The molecule has 6 heteroatoms. The van der Waals surface area contributed by atoms with Crippen LogP contribution in [0.3, 0.4) is 0 Å². The van der Waals surface area contributed by atoms with E-state index in [4.69, 9.17) is 9.47 Å². The van der Waals surface area contributed by atoms with Crippen LogP contribution in [0, 0.1) is 0 Å². The van der Waals surface area contributed by atoms with Gasteiger partial charge in [0.2, 0.25) is 0 Å². The Morgan fingerprint density at radius 1 is 0.811 bits per heavy atom. The predicted molar refractivity (Wildman–Crippen MR) is 141 cm³/mol. The fourth-order valence-corrected chi connectivity index (χ4v) is 4.48. The van der Waals surface area contributed by atoms with Gasteiger partial charge in [0.05, 0.1) is 24.3 Å². The van der Waals surface area contributed by atoms with E-state index in [1.54, 1.807) is 60.7 Å². The van der Waals surface area contributed by atoms with Gasteiger partial charge in [-0.2, -0.15) is 0 Å². The quantitative estimate of drug-likeness (QED) is 0.198. The molecular formula is C31H25NO5. The van der Waals surface area contributed by atoms with Gasteiger partial charge in [-0.3, -0.25) is 14.5 Å². The zero-order valence-electron chi connectivity index (χ0n) is 20.2. The number of ether oxygens (including phenoxy) is 2. The van der Waals surface area contributed by atoms with Crippen molar-refractivity contribution in [3.05, 3.63) is 131 Å². The Morgan fingerprint density at radius 2 is 1.43 bits per heavy atom. The molecular weight excluding hydrogens is 466 g/mol. The van der Waals surface area contributed by atoms with E-state index in [0.29, 0.717) is 34.9 Å². The van der Waals surface area contributed by atoms with Crippen molar-refractivity contribution in [3.8, 4) is 11.5 Å². The van der Waals surface area contributed by atoms with Crippen LogP contribution in [0.15, 0.2) is 115 Å². The summed E-state index contributed by atoms with van der Waals surface area (Å²) in [5.74, 6) is -0.717. The number of ketones is 1. The Kier molecular flexibility index (Phi) is 6.72. The zero-order chi connectivity index (χ0) is 25.8. The lowest BCUT2D eigenvalue weighted by atomic mass is 9.94. The number of Topliss-reactive ketones (excluding diaryl/α,β-unsaturated/α-hetero) is 1. The second-order valence-corrected chi connectivity index (χ2v) is 8.55. The Morgan fingerprint density at radius 3 is 2.11 bits per heavy atom. The van der Waals surface area contributed by atoms with Gasteiger partial charge in [-0.05, 0) is 47.5 Å². The van der Waals surface area contributed by atoms with Crippen molar-refractivity contribution in [2.24, 2.45) is 0 Å². The summed E-state index contributed by atoms with van der Waals surface area (Å²) < 4.78 is 11.3. The smallest absolute Gasteiger partial charge is 0.300 e. The molecule has 1 aliphatic rings. The van der Waals surface area contributed by atoms with Gasteiger partial charge in [-0.25, -0.2) is 0 Å². The standard InChI is InChI=1S/C31H25NO5/c1-36-26-15-9-8-14-25(26)29(33)27-28(32(31(35)30(27)34)23-12-6-3-7-13-23)22-16-18-24(19-17-22)37-20-21-10-4-2-5-11-21/h2-19,28,33H,20H2,1H3/b29-27-. The van der Waals surface area contributed by atoms with E-state index in [9.17, 15) is 14.7 Å². The Balaban J connectivity index is 1.57. The number of methoxy groups -OCH3 is 1. The number of aliphatic hydroxyl groups is 1. The monoisotopic (exact) mass is 491 g/mol. The molecule has 1 heterocycles. The second-order valence-electron chi connectivity index (χ2n) is 8.55. The summed E-state index contributed by atoms with van der Waals surface area (Å²) in [6, 6.07) is 32.0. The van der Waals surface area contributed by atoms with Gasteiger partial charge in [-0.1, -0.05) is 72.8 Å². The van der Waals surface area contributed by atoms with Crippen molar-refractivity contribution in [1.29, 1.82) is 0 Å². The SMILES string of the molecule is COc1ccccc1/C(O)=C1/C(=O)C(=O)N(c2ccccc2)C1c1ccc(OCc2ccccc2)cc1. The van der Waals surface area contributed by atoms with Crippen LogP contribution in [0.5, 0.6) is 11.5 Å². The van der Waals surface area contributed by atoms with E-state index in [0.717, 1.165) is 5.56 Å². The number of rotatable bonds is 7. The summed E-state index contributed by atoms with van der Waals surface area (Å²) in [4.78, 5) is 28.1. The molecule has 37 heavy (non-hydrogen) atoms. The van der Waals surface area contributed by atoms with Gasteiger partial charge < -0.3 is 14.6 Å². The summed E-state index contributed by atoms with van der Waals surface area (Å²) >= 11 is 0. The van der Waals surface area contributed by atoms with E-state index in [2.05, 4.69) is 0 Å². The summed E-state index contributed by atoms with van der Waals surface area (Å²) in [5, 5.41) is 11.4. The summed E-state index contributed by atoms with van der Waals surface area (Å²) in [6.45, 7) is 0.413. The minimum atomic E-state index is -0.838. The average molecular weight is 492 g/mol. The molecule has 1 atom stereocenters. The number of anilines is 1. The van der Waals surface area contributed by atoms with E-state index in [1.807, 2.05) is 48.5 Å². The Labute approximate surface area is 215 Å². The molecule has 1 N–H and O–H groups in total. The number of aliphatic hydroxyl groups excluding tert-OH is 1.